The Hall–Kier alpha value is -1.04. The van der Waals surface area contributed by atoms with Crippen LogP contribution in [0.4, 0.5) is 0 Å². The largest absolute Gasteiger partial charge is 0.478 e. The summed E-state index contributed by atoms with van der Waals surface area (Å²) >= 11 is 12.1. The first-order valence-electron chi connectivity index (χ1n) is 4.50. The van der Waals surface area contributed by atoms with Crippen LogP contribution < -0.4 is 0 Å². The van der Waals surface area contributed by atoms with Gasteiger partial charge in [-0.1, -0.05) is 29.3 Å². The van der Waals surface area contributed by atoms with Crippen molar-refractivity contribution in [1.82, 2.24) is 14.8 Å². The Balaban J connectivity index is 2.51. The molecule has 0 bridgehead atoms. The molecule has 0 fully saturated rings. The standard InChI is InChI=1S/C9H9Cl2N3O2/c1-5-12-8(16)13-14(5)9(11)4-2-3-6(10)7(9)15/h2-4,7,15H,1H3,(H,13,16). The summed E-state index contributed by atoms with van der Waals surface area (Å²) in [6, 6.07) is -0.399. The Bertz CT molecular complexity index is 483. The predicted molar refractivity (Wildman–Crippen MR) is 59.3 cm³/mol. The van der Waals surface area contributed by atoms with E-state index < -0.39 is 17.1 Å². The molecule has 1 aromatic rings. The molecule has 1 aliphatic carbocycles. The highest BCUT2D eigenvalue weighted by Crippen LogP contribution is 2.36. The lowest BCUT2D eigenvalue weighted by Crippen LogP contribution is -2.41. The van der Waals surface area contributed by atoms with E-state index in [1.54, 1.807) is 19.1 Å². The first-order chi connectivity index (χ1) is 7.45. The number of aliphatic hydroxyl groups excluding tert-OH is 1. The summed E-state index contributed by atoms with van der Waals surface area (Å²) in [5.41, 5.74) is 0. The molecule has 2 atom stereocenters. The SMILES string of the molecule is Cc1nc(O)nn1C1(Cl)C=CC=C(Cl)C1O. The molecule has 0 amide bonds. The third-order valence-corrected chi connectivity index (χ3v) is 3.14. The monoisotopic (exact) mass is 261 g/mol. The second kappa shape index (κ2) is 3.76. The van der Waals surface area contributed by atoms with Gasteiger partial charge in [0.2, 0.25) is 0 Å². The van der Waals surface area contributed by atoms with E-state index in [-0.39, 0.29) is 5.03 Å². The van der Waals surface area contributed by atoms with Gasteiger partial charge in [-0.15, -0.1) is 5.10 Å². The highest BCUT2D eigenvalue weighted by molar-refractivity contribution is 6.32. The van der Waals surface area contributed by atoms with E-state index in [4.69, 9.17) is 23.2 Å². The van der Waals surface area contributed by atoms with Crippen molar-refractivity contribution < 1.29 is 10.2 Å². The Morgan fingerprint density at radius 1 is 1.56 bits per heavy atom. The maximum absolute atomic E-state index is 9.93. The van der Waals surface area contributed by atoms with E-state index >= 15 is 0 Å². The van der Waals surface area contributed by atoms with Crippen molar-refractivity contribution in [2.45, 2.75) is 18.0 Å². The van der Waals surface area contributed by atoms with Crippen LogP contribution in [0.25, 0.3) is 0 Å². The number of hydrogen-bond donors (Lipinski definition) is 2. The predicted octanol–water partition coefficient (Wildman–Crippen LogP) is 1.24. The molecule has 0 saturated heterocycles. The lowest BCUT2D eigenvalue weighted by atomic mass is 10.0. The van der Waals surface area contributed by atoms with Gasteiger partial charge in [-0.05, 0) is 19.1 Å². The van der Waals surface area contributed by atoms with Gasteiger partial charge in [0.15, 0.2) is 5.00 Å². The van der Waals surface area contributed by atoms with Crippen LogP contribution in [0.2, 0.25) is 0 Å². The van der Waals surface area contributed by atoms with Crippen LogP contribution in [0.5, 0.6) is 6.01 Å². The zero-order valence-electron chi connectivity index (χ0n) is 8.30. The fourth-order valence-electron chi connectivity index (χ4n) is 1.54. The van der Waals surface area contributed by atoms with Crippen molar-refractivity contribution in [1.29, 1.82) is 0 Å². The molecule has 2 rings (SSSR count). The molecule has 1 aliphatic rings. The number of halogens is 2. The number of aliphatic hydroxyl groups is 1. The van der Waals surface area contributed by atoms with Gasteiger partial charge in [0.05, 0.1) is 5.03 Å². The molecule has 0 aromatic carbocycles. The maximum atomic E-state index is 9.93. The highest BCUT2D eigenvalue weighted by atomic mass is 35.5. The van der Waals surface area contributed by atoms with Gasteiger partial charge in [-0.3, -0.25) is 0 Å². The van der Waals surface area contributed by atoms with Crippen LogP contribution in [0.15, 0.2) is 23.3 Å². The summed E-state index contributed by atoms with van der Waals surface area (Å²) in [6.07, 6.45) is 3.55. The maximum Gasteiger partial charge on any atom is 0.333 e. The Kier molecular flexibility index (Phi) is 2.69. The van der Waals surface area contributed by atoms with E-state index in [0.29, 0.717) is 5.82 Å². The molecule has 16 heavy (non-hydrogen) atoms. The summed E-state index contributed by atoms with van der Waals surface area (Å²) in [4.78, 5) is 2.35. The Labute approximate surface area is 102 Å². The highest BCUT2D eigenvalue weighted by Gasteiger charge is 2.41. The average Bonchev–Trinajstić information content (AvgIpc) is 2.55. The smallest absolute Gasteiger partial charge is 0.333 e. The number of aryl methyl sites for hydroxylation is 1. The van der Waals surface area contributed by atoms with Crippen LogP contribution in [-0.4, -0.2) is 31.1 Å². The molecule has 5 nitrogen and oxygen atoms in total. The fraction of sp³-hybridized carbons (Fsp3) is 0.333. The third-order valence-electron chi connectivity index (χ3n) is 2.31. The molecule has 0 saturated carbocycles. The number of alkyl halides is 1. The summed E-state index contributed by atoms with van der Waals surface area (Å²) < 4.78 is 1.22. The van der Waals surface area contributed by atoms with Crippen LogP contribution in [-0.2, 0) is 5.00 Å². The molecule has 7 heteroatoms. The van der Waals surface area contributed by atoms with E-state index in [0.717, 1.165) is 0 Å². The van der Waals surface area contributed by atoms with Crippen LogP contribution in [0.3, 0.4) is 0 Å². The fourth-order valence-corrected chi connectivity index (χ4v) is 2.18. The molecular formula is C9H9Cl2N3O2. The van der Waals surface area contributed by atoms with Gasteiger partial charge in [-0.2, -0.15) is 4.98 Å². The van der Waals surface area contributed by atoms with Crippen molar-refractivity contribution in [3.8, 4) is 6.01 Å². The summed E-state index contributed by atoms with van der Waals surface area (Å²) in [5, 5.41) is 23.0. The van der Waals surface area contributed by atoms with Gasteiger partial charge in [0.25, 0.3) is 0 Å². The van der Waals surface area contributed by atoms with Crippen LogP contribution in [0, 0.1) is 6.92 Å². The van der Waals surface area contributed by atoms with Crippen LogP contribution in [0.1, 0.15) is 5.82 Å². The van der Waals surface area contributed by atoms with E-state index in [1.165, 1.54) is 10.8 Å². The normalized spacial score (nSPS) is 29.2. The lowest BCUT2D eigenvalue weighted by molar-refractivity contribution is 0.140. The molecule has 1 heterocycles. The molecule has 0 spiro atoms. The molecule has 86 valence electrons. The number of aromatic nitrogens is 3. The zero-order chi connectivity index (χ0) is 11.9. The second-order valence-electron chi connectivity index (χ2n) is 3.41. The summed E-state index contributed by atoms with van der Waals surface area (Å²) in [5.74, 6) is 0.377. The first-order valence-corrected chi connectivity index (χ1v) is 5.26. The number of nitrogens with zero attached hydrogens (tertiary/aromatic N) is 3. The van der Waals surface area contributed by atoms with E-state index in [1.807, 2.05) is 0 Å². The second-order valence-corrected chi connectivity index (χ2v) is 4.45. The van der Waals surface area contributed by atoms with Gasteiger partial charge < -0.3 is 10.2 Å². The number of allylic oxidation sites excluding steroid dienone is 2. The summed E-state index contributed by atoms with van der Waals surface area (Å²) in [7, 11) is 0. The molecule has 2 N–H and O–H groups in total. The van der Waals surface area contributed by atoms with Gasteiger partial charge in [0.1, 0.15) is 11.9 Å². The van der Waals surface area contributed by atoms with Gasteiger partial charge in [-0.25, -0.2) is 4.68 Å². The number of rotatable bonds is 1. The lowest BCUT2D eigenvalue weighted by Gasteiger charge is -2.31. The summed E-state index contributed by atoms with van der Waals surface area (Å²) in [6.45, 7) is 1.61. The Morgan fingerprint density at radius 3 is 2.81 bits per heavy atom. The Morgan fingerprint density at radius 2 is 2.25 bits per heavy atom. The van der Waals surface area contributed by atoms with Crippen molar-refractivity contribution in [3.05, 3.63) is 29.1 Å². The number of hydrogen-bond acceptors (Lipinski definition) is 4. The third kappa shape index (κ3) is 1.61. The minimum Gasteiger partial charge on any atom is -0.478 e. The van der Waals surface area contributed by atoms with E-state index in [9.17, 15) is 10.2 Å². The minimum atomic E-state index is -1.36. The van der Waals surface area contributed by atoms with Crippen LogP contribution >= 0.6 is 23.2 Å². The van der Waals surface area contributed by atoms with Gasteiger partial charge >= 0.3 is 6.01 Å². The molecule has 0 radical (unpaired) electrons. The molecule has 1 aromatic heterocycles. The van der Waals surface area contributed by atoms with Crippen molar-refractivity contribution in [2.75, 3.05) is 0 Å². The first kappa shape index (κ1) is 11.4. The molecule has 2 unspecified atom stereocenters. The van der Waals surface area contributed by atoms with Crippen molar-refractivity contribution in [3.63, 3.8) is 0 Å². The van der Waals surface area contributed by atoms with Crippen molar-refractivity contribution in [2.24, 2.45) is 0 Å². The minimum absolute atomic E-state index is 0.201. The van der Waals surface area contributed by atoms with Crippen molar-refractivity contribution >= 4 is 23.2 Å². The molecule has 0 aliphatic heterocycles. The topological polar surface area (TPSA) is 71.2 Å². The van der Waals surface area contributed by atoms with Gasteiger partial charge in [0, 0.05) is 0 Å². The number of aromatic hydroxyl groups is 1. The average molecular weight is 262 g/mol. The zero-order valence-corrected chi connectivity index (χ0v) is 9.81. The van der Waals surface area contributed by atoms with E-state index in [2.05, 4.69) is 10.1 Å². The molecular weight excluding hydrogens is 253 g/mol. The quantitative estimate of drug-likeness (QED) is 0.747.